The summed E-state index contributed by atoms with van der Waals surface area (Å²) in [5.41, 5.74) is -5.66. The fourth-order valence-corrected chi connectivity index (χ4v) is 3.74. The van der Waals surface area contributed by atoms with Gasteiger partial charge in [-0.25, -0.2) is 23.6 Å². The zero-order valence-corrected chi connectivity index (χ0v) is 23.5. The Morgan fingerprint density at radius 3 is 1.58 bits per heavy atom. The van der Waals surface area contributed by atoms with Crippen LogP contribution in [0, 0.1) is 5.82 Å². The topological polar surface area (TPSA) is 149 Å². The van der Waals surface area contributed by atoms with Crippen molar-refractivity contribution in [2.24, 2.45) is 0 Å². The van der Waals surface area contributed by atoms with Crippen molar-refractivity contribution in [2.45, 2.75) is 5.51 Å². The molecule has 230 valence electrons. The van der Waals surface area contributed by atoms with Gasteiger partial charge in [0, 0.05) is 5.56 Å². The number of carbonyl (C=O) groups is 4. The molecular weight excluding hydrogens is 608 g/mol. The van der Waals surface area contributed by atoms with E-state index in [9.17, 15) is 45.2 Å². The lowest BCUT2D eigenvalue weighted by Gasteiger charge is -2.12. The molecule has 0 bridgehead atoms. The molecule has 0 amide bonds. The van der Waals surface area contributed by atoms with Gasteiger partial charge in [0.25, 0.3) is 0 Å². The summed E-state index contributed by atoms with van der Waals surface area (Å²) in [5.74, 6) is -4.72. The third kappa shape index (κ3) is 8.28. The largest absolute Gasteiger partial charge is 0.534 e. The number of benzene rings is 3. The minimum atomic E-state index is -5.98. The molecule has 0 saturated carbocycles. The van der Waals surface area contributed by atoms with Gasteiger partial charge in [0.05, 0.1) is 45.1 Å². The molecule has 0 atom stereocenters. The van der Waals surface area contributed by atoms with E-state index in [0.717, 1.165) is 26.4 Å². The van der Waals surface area contributed by atoms with Crippen LogP contribution in [0.5, 0.6) is 5.75 Å². The quantitative estimate of drug-likeness (QED) is 0.119. The first-order valence-corrected chi connectivity index (χ1v) is 12.9. The summed E-state index contributed by atoms with van der Waals surface area (Å²) in [7, 11) is -1.56. The highest BCUT2D eigenvalue weighted by Crippen LogP contribution is 2.30. The lowest BCUT2D eigenvalue weighted by Crippen LogP contribution is -2.28. The standard InChI is InChI=1S/C16H13FO4.C11H9F3O7S/c1-20-15(18)10-7-8-11(13(9-10)16(19)21-2)12-5-3-4-6-14(12)17;1-19-9(15)6-3-4-8(7(5-6)10(16)20-2)21-22(17,18)11(12,13)14/h3-9H,1-2H3;3-5H,1-2H3. The number of alkyl halides is 3. The number of rotatable bonds is 7. The van der Waals surface area contributed by atoms with Crippen LogP contribution in [0.4, 0.5) is 17.6 Å². The molecular formula is C27H22F4O11S. The Hall–Kier alpha value is -4.99. The first kappa shape index (κ1) is 34.2. The smallest absolute Gasteiger partial charge is 0.465 e. The molecule has 0 aliphatic carbocycles. The van der Waals surface area contributed by atoms with E-state index in [1.165, 1.54) is 38.5 Å². The average Bonchev–Trinajstić information content (AvgIpc) is 2.99. The SMILES string of the molecule is COC(=O)c1ccc(-c2ccccc2F)c(C(=O)OC)c1.COC(=O)c1ccc(OS(=O)(=O)C(F)(F)F)c(C(=O)OC)c1. The Labute approximate surface area is 242 Å². The number of halogens is 4. The zero-order chi connectivity index (χ0) is 32.5. The van der Waals surface area contributed by atoms with E-state index in [1.807, 2.05) is 0 Å². The number of hydrogen-bond acceptors (Lipinski definition) is 11. The molecule has 3 aromatic rings. The molecule has 16 heteroatoms. The molecule has 43 heavy (non-hydrogen) atoms. The maximum Gasteiger partial charge on any atom is 0.534 e. The van der Waals surface area contributed by atoms with Crippen LogP contribution in [-0.4, -0.2) is 66.2 Å². The van der Waals surface area contributed by atoms with Gasteiger partial charge in [0.15, 0.2) is 5.75 Å². The van der Waals surface area contributed by atoms with Gasteiger partial charge in [-0.2, -0.15) is 21.6 Å². The Kier molecular flexibility index (Phi) is 11.3. The number of ether oxygens (including phenoxy) is 4. The van der Waals surface area contributed by atoms with Gasteiger partial charge in [-0.15, -0.1) is 0 Å². The first-order valence-electron chi connectivity index (χ1n) is 11.5. The molecule has 0 radical (unpaired) electrons. The monoisotopic (exact) mass is 630 g/mol. The van der Waals surface area contributed by atoms with E-state index in [2.05, 4.69) is 18.4 Å². The molecule has 0 fully saturated rings. The molecule has 0 aliphatic rings. The van der Waals surface area contributed by atoms with E-state index >= 15 is 0 Å². The molecule has 0 aliphatic heterocycles. The third-order valence-electron chi connectivity index (χ3n) is 5.30. The van der Waals surface area contributed by atoms with Crippen molar-refractivity contribution in [3.63, 3.8) is 0 Å². The van der Waals surface area contributed by atoms with Gasteiger partial charge in [0.2, 0.25) is 0 Å². The minimum Gasteiger partial charge on any atom is -0.465 e. The predicted molar refractivity (Wildman–Crippen MR) is 139 cm³/mol. The molecule has 0 saturated heterocycles. The molecule has 0 aromatic heterocycles. The van der Waals surface area contributed by atoms with Crippen molar-refractivity contribution in [2.75, 3.05) is 28.4 Å². The van der Waals surface area contributed by atoms with E-state index in [0.29, 0.717) is 11.6 Å². The highest BCUT2D eigenvalue weighted by atomic mass is 32.2. The predicted octanol–water partition coefficient (Wildman–Crippen LogP) is 4.55. The molecule has 0 heterocycles. The second-order valence-corrected chi connectivity index (χ2v) is 9.44. The Balaban J connectivity index is 0.000000300. The van der Waals surface area contributed by atoms with Crippen LogP contribution in [0.1, 0.15) is 41.4 Å². The average molecular weight is 631 g/mol. The normalized spacial score (nSPS) is 10.9. The third-order valence-corrected chi connectivity index (χ3v) is 6.26. The van der Waals surface area contributed by atoms with Gasteiger partial charge in [-0.3, -0.25) is 0 Å². The maximum atomic E-state index is 13.9. The van der Waals surface area contributed by atoms with Gasteiger partial charge in [-0.1, -0.05) is 24.3 Å². The number of carbonyl (C=O) groups excluding carboxylic acids is 4. The minimum absolute atomic E-state index is 0.102. The first-order chi connectivity index (χ1) is 20.1. The summed E-state index contributed by atoms with van der Waals surface area (Å²) in [6.45, 7) is 0. The van der Waals surface area contributed by atoms with Gasteiger partial charge < -0.3 is 23.1 Å². The van der Waals surface area contributed by atoms with Crippen LogP contribution in [0.25, 0.3) is 11.1 Å². The molecule has 0 unspecified atom stereocenters. The van der Waals surface area contributed by atoms with Gasteiger partial charge >= 0.3 is 39.5 Å². The second-order valence-electron chi connectivity index (χ2n) is 7.90. The van der Waals surface area contributed by atoms with Crippen molar-refractivity contribution < 1.29 is 68.3 Å². The zero-order valence-electron chi connectivity index (χ0n) is 22.7. The van der Waals surface area contributed by atoms with Crippen molar-refractivity contribution in [1.29, 1.82) is 0 Å². The molecule has 3 rings (SSSR count). The number of esters is 4. The summed E-state index contributed by atoms with van der Waals surface area (Å²) < 4.78 is 94.6. The Bertz CT molecular complexity index is 1630. The van der Waals surface area contributed by atoms with Crippen LogP contribution >= 0.6 is 0 Å². The molecule has 0 spiro atoms. The van der Waals surface area contributed by atoms with Crippen molar-refractivity contribution in [1.82, 2.24) is 0 Å². The van der Waals surface area contributed by atoms with Crippen molar-refractivity contribution in [3.8, 4) is 16.9 Å². The van der Waals surface area contributed by atoms with Crippen LogP contribution in [0.2, 0.25) is 0 Å². The van der Waals surface area contributed by atoms with E-state index < -0.39 is 56.6 Å². The summed E-state index contributed by atoms with van der Waals surface area (Å²) in [4.78, 5) is 46.2. The van der Waals surface area contributed by atoms with E-state index in [4.69, 9.17) is 4.74 Å². The van der Waals surface area contributed by atoms with Gasteiger partial charge in [0.1, 0.15) is 11.4 Å². The lowest BCUT2D eigenvalue weighted by molar-refractivity contribution is -0.0500. The van der Waals surface area contributed by atoms with Crippen molar-refractivity contribution >= 4 is 34.0 Å². The fourth-order valence-electron chi connectivity index (χ4n) is 3.26. The Morgan fingerprint density at radius 1 is 0.628 bits per heavy atom. The Morgan fingerprint density at radius 2 is 1.09 bits per heavy atom. The lowest BCUT2D eigenvalue weighted by atomic mass is 9.97. The summed E-state index contributed by atoms with van der Waals surface area (Å²) in [6.07, 6.45) is 0. The fraction of sp³-hybridized carbons (Fsp3) is 0.185. The maximum absolute atomic E-state index is 13.9. The van der Waals surface area contributed by atoms with E-state index in [-0.39, 0.29) is 22.3 Å². The van der Waals surface area contributed by atoms with Crippen molar-refractivity contribution in [3.05, 3.63) is 88.7 Å². The number of hydrogen-bond donors (Lipinski definition) is 0. The summed E-state index contributed by atoms with van der Waals surface area (Å²) >= 11 is 0. The van der Waals surface area contributed by atoms with Crippen LogP contribution < -0.4 is 4.18 Å². The molecule has 3 aromatic carbocycles. The summed E-state index contributed by atoms with van der Waals surface area (Å²) in [6, 6.07) is 12.8. The summed E-state index contributed by atoms with van der Waals surface area (Å²) in [5, 5.41) is 0. The molecule has 0 N–H and O–H groups in total. The number of methoxy groups -OCH3 is 4. The second kappa shape index (κ2) is 14.3. The molecule has 11 nitrogen and oxygen atoms in total. The highest BCUT2D eigenvalue weighted by molar-refractivity contribution is 7.88. The van der Waals surface area contributed by atoms with Crippen LogP contribution in [0.3, 0.4) is 0 Å². The van der Waals surface area contributed by atoms with Crippen LogP contribution in [-0.2, 0) is 29.1 Å². The van der Waals surface area contributed by atoms with E-state index in [1.54, 1.807) is 18.2 Å². The van der Waals surface area contributed by atoms with Crippen LogP contribution in [0.15, 0.2) is 60.7 Å². The van der Waals surface area contributed by atoms with Gasteiger partial charge in [-0.05, 0) is 42.0 Å². The highest BCUT2D eigenvalue weighted by Gasteiger charge is 2.49.